The second-order valence-electron chi connectivity index (χ2n) is 10.4. The van der Waals surface area contributed by atoms with Crippen LogP contribution in [0.4, 0.5) is 0 Å². The lowest BCUT2D eigenvalue weighted by Gasteiger charge is -2.42. The maximum atomic E-state index is 13.4. The number of nitrogens with zero attached hydrogens (tertiary/aromatic N) is 2. The van der Waals surface area contributed by atoms with Gasteiger partial charge in [-0.25, -0.2) is 13.1 Å². The molecule has 1 saturated heterocycles. The van der Waals surface area contributed by atoms with Crippen LogP contribution in [0.25, 0.3) is 0 Å². The summed E-state index contributed by atoms with van der Waals surface area (Å²) in [7, 11) is -0.0591. The minimum atomic E-state index is -3.95. The molecule has 2 aromatic rings. The van der Waals surface area contributed by atoms with Crippen LogP contribution in [0.5, 0.6) is 5.75 Å². The van der Waals surface area contributed by atoms with Gasteiger partial charge in [0.1, 0.15) is 17.5 Å². The number of benzene rings is 2. The lowest BCUT2D eigenvalue weighted by Crippen LogP contribution is -2.53. The normalized spacial score (nSPS) is 22.5. The van der Waals surface area contributed by atoms with E-state index in [1.54, 1.807) is 61.2 Å². The number of amides is 1. The summed E-state index contributed by atoms with van der Waals surface area (Å²) < 4.78 is 35.3. The van der Waals surface area contributed by atoms with Crippen molar-refractivity contribution in [3.8, 4) is 5.75 Å². The fraction of sp³-hybridized carbons (Fsp3) is 0.519. The smallest absolute Gasteiger partial charge is 0.253 e. The second-order valence-corrected chi connectivity index (χ2v) is 12.2. The first-order valence-electron chi connectivity index (χ1n) is 12.5. The number of nitrogens with one attached hydrogen (secondary N) is 1. The Hall–Kier alpha value is -2.46. The van der Waals surface area contributed by atoms with Crippen LogP contribution in [-0.2, 0) is 16.4 Å². The van der Waals surface area contributed by atoms with Gasteiger partial charge in [-0.1, -0.05) is 19.1 Å². The van der Waals surface area contributed by atoms with Crippen LogP contribution in [-0.4, -0.2) is 74.2 Å². The van der Waals surface area contributed by atoms with Crippen molar-refractivity contribution < 1.29 is 23.1 Å². The zero-order valence-electron chi connectivity index (χ0n) is 21.7. The molecule has 1 fully saturated rings. The van der Waals surface area contributed by atoms with Crippen LogP contribution in [0.1, 0.15) is 61.1 Å². The average Bonchev–Trinajstić information content (AvgIpc) is 2.86. The first-order chi connectivity index (χ1) is 16.9. The van der Waals surface area contributed by atoms with Crippen LogP contribution in [0.15, 0.2) is 47.4 Å². The van der Waals surface area contributed by atoms with Gasteiger partial charge in [0.05, 0.1) is 10.9 Å². The van der Waals surface area contributed by atoms with Crippen LogP contribution in [0, 0.1) is 0 Å². The maximum Gasteiger partial charge on any atom is 0.253 e. The van der Waals surface area contributed by atoms with Crippen molar-refractivity contribution in [2.24, 2.45) is 0 Å². The highest BCUT2D eigenvalue weighted by atomic mass is 32.2. The fourth-order valence-corrected chi connectivity index (χ4v) is 6.17. The molecule has 0 radical (unpaired) electrons. The quantitative estimate of drug-likeness (QED) is 0.614. The monoisotopic (exact) mass is 515 g/mol. The molecule has 2 aliphatic rings. The number of sulfonamides is 1. The van der Waals surface area contributed by atoms with Gasteiger partial charge < -0.3 is 19.6 Å². The van der Waals surface area contributed by atoms with Gasteiger partial charge in [-0.2, -0.15) is 0 Å². The van der Waals surface area contributed by atoms with E-state index in [0.717, 1.165) is 37.9 Å². The Morgan fingerprint density at radius 1 is 1.17 bits per heavy atom. The van der Waals surface area contributed by atoms with Crippen molar-refractivity contribution in [3.63, 3.8) is 0 Å². The molecule has 0 bridgehead atoms. The van der Waals surface area contributed by atoms with E-state index in [0.29, 0.717) is 16.9 Å². The highest BCUT2D eigenvalue weighted by Crippen LogP contribution is 2.41. The number of likely N-dealkylation sites (tertiary alicyclic amines) is 1. The summed E-state index contributed by atoms with van der Waals surface area (Å²) in [5.74, 6) is 0.307. The first-order valence-corrected chi connectivity index (χ1v) is 14.0. The Morgan fingerprint density at radius 2 is 1.81 bits per heavy atom. The van der Waals surface area contributed by atoms with Gasteiger partial charge in [-0.05, 0) is 89.1 Å². The van der Waals surface area contributed by atoms with Gasteiger partial charge in [-0.3, -0.25) is 4.79 Å². The molecule has 2 heterocycles. The molecule has 196 valence electrons. The van der Waals surface area contributed by atoms with Crippen LogP contribution < -0.4 is 9.46 Å². The Bertz CT molecular complexity index is 1200. The Kier molecular flexibility index (Phi) is 7.48. The van der Waals surface area contributed by atoms with Gasteiger partial charge in [0.2, 0.25) is 10.0 Å². The van der Waals surface area contributed by atoms with Crippen molar-refractivity contribution in [3.05, 3.63) is 59.2 Å². The number of ether oxygens (including phenoxy) is 1. The number of aryl methyl sites for hydroxylation is 1. The molecule has 36 heavy (non-hydrogen) atoms. The topological polar surface area (TPSA) is 99.2 Å². The molecule has 0 unspecified atom stereocenters. The molecule has 8 nitrogen and oxygen atoms in total. The number of piperidine rings is 1. The summed E-state index contributed by atoms with van der Waals surface area (Å²) in [6.45, 7) is 7.30. The lowest BCUT2D eigenvalue weighted by atomic mass is 9.86. The van der Waals surface area contributed by atoms with Crippen molar-refractivity contribution in [1.82, 2.24) is 14.5 Å². The minimum absolute atomic E-state index is 0.118. The van der Waals surface area contributed by atoms with Crippen LogP contribution in [0.2, 0.25) is 0 Å². The molecular formula is C27H37N3O5S. The lowest BCUT2D eigenvalue weighted by molar-refractivity contribution is -0.0603. The Labute approximate surface area is 214 Å². The number of carbonyl (C=O) groups excluding carboxylic acids is 1. The second kappa shape index (κ2) is 10.1. The van der Waals surface area contributed by atoms with E-state index in [9.17, 15) is 18.3 Å². The number of hydrogen-bond acceptors (Lipinski definition) is 6. The third-order valence-corrected chi connectivity index (χ3v) is 8.93. The van der Waals surface area contributed by atoms with Gasteiger partial charge in [0.25, 0.3) is 5.91 Å². The predicted molar refractivity (Wildman–Crippen MR) is 139 cm³/mol. The first kappa shape index (κ1) is 26.6. The number of aliphatic hydroxyl groups excluding tert-OH is 1. The Balaban J connectivity index is 1.65. The van der Waals surface area contributed by atoms with Gasteiger partial charge in [0.15, 0.2) is 0 Å². The van der Waals surface area contributed by atoms with Gasteiger partial charge in [-0.15, -0.1) is 0 Å². The van der Waals surface area contributed by atoms with Crippen LogP contribution in [0.3, 0.4) is 0 Å². The number of aliphatic hydroxyl groups is 1. The zero-order chi connectivity index (χ0) is 26.3. The SMILES string of the molecule is CCc1ccc(S(=O)(=O)N[C@@H]2c3cc(C(=O)N(C)C4CCN(C)CC4)ccc3OC(C)(C)[C@H]2O)cc1. The molecular weight excluding hydrogens is 478 g/mol. The third kappa shape index (κ3) is 5.29. The number of rotatable bonds is 6. The number of carbonyl (C=O) groups is 1. The molecule has 2 atom stereocenters. The molecule has 9 heteroatoms. The summed E-state index contributed by atoms with van der Waals surface area (Å²) in [4.78, 5) is 17.5. The van der Waals surface area contributed by atoms with E-state index in [1.165, 1.54) is 0 Å². The van der Waals surface area contributed by atoms with E-state index >= 15 is 0 Å². The average molecular weight is 516 g/mol. The van der Waals surface area contributed by atoms with E-state index in [2.05, 4.69) is 16.7 Å². The van der Waals surface area contributed by atoms with Gasteiger partial charge in [0, 0.05) is 24.2 Å². The summed E-state index contributed by atoms with van der Waals surface area (Å²) in [5.41, 5.74) is 0.867. The highest BCUT2D eigenvalue weighted by Gasteiger charge is 2.45. The van der Waals surface area contributed by atoms with E-state index in [4.69, 9.17) is 4.74 Å². The van der Waals surface area contributed by atoms with Gasteiger partial charge >= 0.3 is 0 Å². The van der Waals surface area contributed by atoms with E-state index in [-0.39, 0.29) is 16.8 Å². The zero-order valence-corrected chi connectivity index (χ0v) is 22.5. The summed E-state index contributed by atoms with van der Waals surface area (Å²) >= 11 is 0. The Morgan fingerprint density at radius 3 is 2.42 bits per heavy atom. The summed E-state index contributed by atoms with van der Waals surface area (Å²) in [6.07, 6.45) is 1.43. The highest BCUT2D eigenvalue weighted by molar-refractivity contribution is 7.89. The standard InChI is InChI=1S/C27H37N3O5S/c1-6-18-7-10-21(11-8-18)36(33,34)28-24-22-17-19(9-12-23(22)35-27(2,3)25(24)31)26(32)30(5)20-13-15-29(4)16-14-20/h7-12,17,20,24-25,28,31H,6,13-16H2,1-5H3/t24-,25+/m1/s1. The number of hydrogen-bond donors (Lipinski definition) is 2. The molecule has 4 rings (SSSR count). The van der Waals surface area contributed by atoms with Crippen LogP contribution >= 0.6 is 0 Å². The molecule has 0 aliphatic carbocycles. The maximum absolute atomic E-state index is 13.4. The van der Waals surface area contributed by atoms with Crippen molar-refractivity contribution >= 4 is 15.9 Å². The molecule has 2 aliphatic heterocycles. The molecule has 2 N–H and O–H groups in total. The largest absolute Gasteiger partial charge is 0.485 e. The van der Waals surface area contributed by atoms with Crippen molar-refractivity contribution in [1.29, 1.82) is 0 Å². The minimum Gasteiger partial charge on any atom is -0.485 e. The molecule has 0 saturated carbocycles. The van der Waals surface area contributed by atoms with E-state index in [1.807, 2.05) is 14.0 Å². The molecule has 0 spiro atoms. The fourth-order valence-electron chi connectivity index (χ4n) is 4.95. The predicted octanol–water partition coefficient (Wildman–Crippen LogP) is 2.97. The van der Waals surface area contributed by atoms with Crippen molar-refractivity contribution in [2.45, 2.75) is 68.7 Å². The summed E-state index contributed by atoms with van der Waals surface area (Å²) in [5, 5.41) is 11.2. The van der Waals surface area contributed by atoms with E-state index < -0.39 is 27.8 Å². The molecule has 2 aromatic carbocycles. The summed E-state index contributed by atoms with van der Waals surface area (Å²) in [6, 6.07) is 10.9. The molecule has 1 amide bonds. The number of fused-ring (bicyclic) bond motifs is 1. The molecule has 0 aromatic heterocycles. The third-order valence-electron chi connectivity index (χ3n) is 7.47. The van der Waals surface area contributed by atoms with Crippen molar-refractivity contribution in [2.75, 3.05) is 27.2 Å².